The fourth-order valence-corrected chi connectivity index (χ4v) is 0.273. The number of rotatable bonds is 0. The Bertz CT molecular complexity index is 112. The first kappa shape index (κ1) is 10.2. The Morgan fingerprint density at radius 3 is 2.25 bits per heavy atom. The van der Waals surface area contributed by atoms with Crippen LogP contribution in [0.3, 0.4) is 0 Å². The molecule has 0 aromatic carbocycles. The summed E-state index contributed by atoms with van der Waals surface area (Å²) in [5, 5.41) is 3.54. The van der Waals surface area contributed by atoms with E-state index in [4.69, 9.17) is 0 Å². The van der Waals surface area contributed by atoms with Crippen LogP contribution in [0.2, 0.25) is 0 Å². The molecule has 0 spiro atoms. The van der Waals surface area contributed by atoms with Crippen molar-refractivity contribution in [1.82, 2.24) is 5.16 Å². The van der Waals surface area contributed by atoms with Crippen molar-refractivity contribution >= 4 is 0 Å². The minimum atomic E-state index is 0. The number of hydrogen-bond acceptors (Lipinski definition) is 2. The lowest BCUT2D eigenvalue weighted by Gasteiger charge is -1.62. The predicted molar refractivity (Wildman–Crippen MR) is 34.7 cm³/mol. The van der Waals surface area contributed by atoms with Crippen molar-refractivity contribution in [3.8, 4) is 0 Å². The van der Waals surface area contributed by atoms with Gasteiger partial charge in [-0.25, -0.2) is 0 Å². The molecule has 2 nitrogen and oxygen atoms in total. The summed E-state index contributed by atoms with van der Waals surface area (Å²) < 4.78 is 4.46. The Labute approximate surface area is 50.5 Å². The highest BCUT2D eigenvalue weighted by Gasteiger charge is 1.77. The third-order valence-electron chi connectivity index (χ3n) is 0.567. The molecule has 0 aliphatic carbocycles. The van der Waals surface area contributed by atoms with E-state index in [1.165, 1.54) is 0 Å². The Hall–Kier alpha value is -0.790. The molecule has 0 bridgehead atoms. The maximum Gasteiger partial charge on any atom is 0.124 e. The van der Waals surface area contributed by atoms with Crippen molar-refractivity contribution in [1.29, 1.82) is 0 Å². The van der Waals surface area contributed by atoms with E-state index < -0.39 is 0 Å². The monoisotopic (exact) mass is 115 g/mol. The zero-order chi connectivity index (χ0) is 4.41. The number of aromatic nitrogens is 1. The minimum absolute atomic E-state index is 0. The van der Waals surface area contributed by atoms with Gasteiger partial charge >= 0.3 is 0 Å². The highest BCUT2D eigenvalue weighted by Crippen LogP contribution is 1.86. The van der Waals surface area contributed by atoms with Crippen LogP contribution in [0.25, 0.3) is 0 Å². The van der Waals surface area contributed by atoms with Crippen LogP contribution in [0, 0.1) is 6.92 Å². The number of nitrogens with zero attached hydrogens (tertiary/aromatic N) is 1. The van der Waals surface area contributed by atoms with Crippen LogP contribution in [0.1, 0.15) is 20.5 Å². The zero-order valence-corrected chi connectivity index (χ0v) is 3.51. The molecule has 0 fully saturated rings. The lowest BCUT2D eigenvalue weighted by molar-refractivity contribution is 0.415. The van der Waals surface area contributed by atoms with Gasteiger partial charge in [-0.05, 0) is 6.92 Å². The van der Waals surface area contributed by atoms with Gasteiger partial charge in [-0.2, -0.15) is 0 Å². The van der Waals surface area contributed by atoms with Gasteiger partial charge in [0.2, 0.25) is 0 Å². The normalized spacial score (nSPS) is 6.62. The zero-order valence-electron chi connectivity index (χ0n) is 3.51. The Kier molecular flexibility index (Phi) is 5.60. The maximum atomic E-state index is 4.46. The summed E-state index contributed by atoms with van der Waals surface area (Å²) in [6.45, 7) is 1.88. The molecule has 48 valence electrons. The summed E-state index contributed by atoms with van der Waals surface area (Å²) in [4.78, 5) is 0. The van der Waals surface area contributed by atoms with E-state index in [1.807, 2.05) is 6.92 Å². The largest absolute Gasteiger partial charge is 0.365 e. The lowest BCUT2D eigenvalue weighted by atomic mass is 10.5. The molecule has 0 unspecified atom stereocenters. The van der Waals surface area contributed by atoms with Crippen molar-refractivity contribution in [3.05, 3.63) is 18.0 Å². The standard InChI is InChI=1S/C4H5NO.2CH4/c1-4-2-3-6-5-4;;/h2-3H,1H3;2*1H4. The van der Waals surface area contributed by atoms with Crippen LogP contribution >= 0.6 is 0 Å². The summed E-state index contributed by atoms with van der Waals surface area (Å²) >= 11 is 0. The van der Waals surface area contributed by atoms with E-state index in [9.17, 15) is 0 Å². The third-order valence-corrected chi connectivity index (χ3v) is 0.567. The van der Waals surface area contributed by atoms with Crippen molar-refractivity contribution < 1.29 is 4.52 Å². The molecule has 0 aliphatic heterocycles. The Morgan fingerprint density at radius 2 is 2.12 bits per heavy atom. The second-order valence-corrected chi connectivity index (χ2v) is 1.14. The summed E-state index contributed by atoms with van der Waals surface area (Å²) in [6.07, 6.45) is 1.55. The van der Waals surface area contributed by atoms with Crippen LogP contribution in [0.5, 0.6) is 0 Å². The fraction of sp³-hybridized carbons (Fsp3) is 0.500. The van der Waals surface area contributed by atoms with Crippen molar-refractivity contribution in [2.45, 2.75) is 21.8 Å². The van der Waals surface area contributed by atoms with Crippen molar-refractivity contribution in [2.75, 3.05) is 0 Å². The van der Waals surface area contributed by atoms with Gasteiger partial charge in [0.05, 0.1) is 5.69 Å². The maximum absolute atomic E-state index is 4.46. The van der Waals surface area contributed by atoms with Gasteiger partial charge in [-0.15, -0.1) is 0 Å². The van der Waals surface area contributed by atoms with Gasteiger partial charge < -0.3 is 4.52 Å². The first-order chi connectivity index (χ1) is 2.89. The fourth-order valence-electron chi connectivity index (χ4n) is 0.273. The van der Waals surface area contributed by atoms with E-state index in [0.717, 1.165) is 5.69 Å². The topological polar surface area (TPSA) is 26.0 Å². The molecule has 1 aromatic heterocycles. The number of hydrogen-bond donors (Lipinski definition) is 0. The lowest BCUT2D eigenvalue weighted by Crippen LogP contribution is -1.59. The van der Waals surface area contributed by atoms with Crippen molar-refractivity contribution in [3.63, 3.8) is 0 Å². The molecule has 0 aliphatic rings. The molecular weight excluding hydrogens is 102 g/mol. The molecular formula is C6H13NO. The van der Waals surface area contributed by atoms with E-state index in [2.05, 4.69) is 9.68 Å². The first-order valence-corrected chi connectivity index (χ1v) is 1.76. The quantitative estimate of drug-likeness (QED) is 0.518. The highest BCUT2D eigenvalue weighted by molar-refractivity contribution is 4.89. The van der Waals surface area contributed by atoms with E-state index in [0.29, 0.717) is 0 Å². The van der Waals surface area contributed by atoms with Gasteiger partial charge in [0.15, 0.2) is 0 Å². The van der Waals surface area contributed by atoms with Gasteiger partial charge in [0.25, 0.3) is 0 Å². The van der Waals surface area contributed by atoms with Crippen LogP contribution in [-0.2, 0) is 0 Å². The summed E-state index contributed by atoms with van der Waals surface area (Å²) in [7, 11) is 0. The van der Waals surface area contributed by atoms with Crippen LogP contribution < -0.4 is 0 Å². The average Bonchev–Trinajstić information content (AvgIpc) is 1.86. The molecule has 0 amide bonds. The molecule has 2 heteroatoms. The van der Waals surface area contributed by atoms with Gasteiger partial charge in [-0.3, -0.25) is 0 Å². The molecule has 0 saturated heterocycles. The van der Waals surface area contributed by atoms with Gasteiger partial charge in [0, 0.05) is 6.07 Å². The molecule has 8 heavy (non-hydrogen) atoms. The molecule has 1 aromatic rings. The summed E-state index contributed by atoms with van der Waals surface area (Å²) in [5.74, 6) is 0. The predicted octanol–water partition coefficient (Wildman–Crippen LogP) is 2.26. The van der Waals surface area contributed by atoms with Crippen LogP contribution in [0.15, 0.2) is 16.9 Å². The van der Waals surface area contributed by atoms with E-state index >= 15 is 0 Å². The molecule has 1 heterocycles. The molecule has 1 rings (SSSR count). The molecule has 0 atom stereocenters. The van der Waals surface area contributed by atoms with Gasteiger partial charge in [0.1, 0.15) is 6.26 Å². The average molecular weight is 115 g/mol. The Morgan fingerprint density at radius 1 is 1.50 bits per heavy atom. The van der Waals surface area contributed by atoms with E-state index in [-0.39, 0.29) is 14.9 Å². The second-order valence-electron chi connectivity index (χ2n) is 1.14. The summed E-state index contributed by atoms with van der Waals surface area (Å²) in [5.41, 5.74) is 0.926. The SMILES string of the molecule is C.C.Cc1ccon1. The molecule has 0 N–H and O–H groups in total. The van der Waals surface area contributed by atoms with Crippen LogP contribution in [-0.4, -0.2) is 5.16 Å². The summed E-state index contributed by atoms with van der Waals surface area (Å²) in [6, 6.07) is 1.81. The molecule has 0 saturated carbocycles. The third kappa shape index (κ3) is 2.39. The van der Waals surface area contributed by atoms with Crippen molar-refractivity contribution in [2.24, 2.45) is 0 Å². The minimum Gasteiger partial charge on any atom is -0.365 e. The van der Waals surface area contributed by atoms with Gasteiger partial charge in [-0.1, -0.05) is 20.0 Å². The van der Waals surface area contributed by atoms with E-state index in [1.54, 1.807) is 12.3 Å². The van der Waals surface area contributed by atoms with Crippen LogP contribution in [0.4, 0.5) is 0 Å². The number of aryl methyl sites for hydroxylation is 1. The molecule has 0 radical (unpaired) electrons. The smallest absolute Gasteiger partial charge is 0.124 e. The first-order valence-electron chi connectivity index (χ1n) is 1.76. The second kappa shape index (κ2) is 4.37. The highest BCUT2D eigenvalue weighted by atomic mass is 16.5. The Balaban J connectivity index is 0.